The third-order valence-corrected chi connectivity index (χ3v) is 5.52. The fourth-order valence-electron chi connectivity index (χ4n) is 3.87. The van der Waals surface area contributed by atoms with Crippen LogP contribution in [0.2, 0.25) is 0 Å². The Morgan fingerprint density at radius 2 is 1.90 bits per heavy atom. The molecule has 1 N–H and O–H groups in total. The van der Waals surface area contributed by atoms with Gasteiger partial charge in [-0.05, 0) is 50.0 Å². The van der Waals surface area contributed by atoms with E-state index < -0.39 is 0 Å². The number of hydrogen-bond acceptors (Lipinski definition) is 2. The van der Waals surface area contributed by atoms with Gasteiger partial charge in [0, 0.05) is 31.2 Å². The second-order valence-corrected chi connectivity index (χ2v) is 7.37. The van der Waals surface area contributed by atoms with Crippen LogP contribution in [0.4, 0.5) is 0 Å². The highest BCUT2D eigenvalue weighted by atomic mass is 15.3. The van der Waals surface area contributed by atoms with Gasteiger partial charge >= 0.3 is 0 Å². The first-order valence-electron chi connectivity index (χ1n) is 8.29. The minimum absolute atomic E-state index is 0.361. The molecule has 2 unspecified atom stereocenters. The molecular formula is C18H26N2. The molecule has 0 radical (unpaired) electrons. The van der Waals surface area contributed by atoms with Gasteiger partial charge in [0.05, 0.1) is 0 Å². The fraction of sp³-hybridized carbons (Fsp3) is 0.667. The van der Waals surface area contributed by atoms with Crippen LogP contribution in [0.5, 0.6) is 0 Å². The highest BCUT2D eigenvalue weighted by Gasteiger charge is 2.46. The highest BCUT2D eigenvalue weighted by Crippen LogP contribution is 2.44. The lowest BCUT2D eigenvalue weighted by Gasteiger charge is -2.47. The van der Waals surface area contributed by atoms with Gasteiger partial charge in [-0.15, -0.1) is 0 Å². The zero-order chi connectivity index (χ0) is 13.6. The van der Waals surface area contributed by atoms with Crippen LogP contribution in [0.15, 0.2) is 30.3 Å². The largest absolute Gasteiger partial charge is 0.308 e. The molecule has 1 aromatic rings. The van der Waals surface area contributed by atoms with Crippen molar-refractivity contribution in [2.45, 2.75) is 44.2 Å². The molecule has 1 saturated heterocycles. The Morgan fingerprint density at radius 3 is 2.55 bits per heavy atom. The summed E-state index contributed by atoms with van der Waals surface area (Å²) in [4.78, 5) is 2.78. The first-order valence-corrected chi connectivity index (χ1v) is 8.29. The van der Waals surface area contributed by atoms with E-state index in [9.17, 15) is 0 Å². The summed E-state index contributed by atoms with van der Waals surface area (Å²) in [6, 6.07) is 11.7. The van der Waals surface area contributed by atoms with Crippen molar-refractivity contribution in [2.24, 2.45) is 11.8 Å². The molecule has 0 amide bonds. The molecule has 2 heteroatoms. The monoisotopic (exact) mass is 270 g/mol. The van der Waals surface area contributed by atoms with Crippen LogP contribution < -0.4 is 5.32 Å². The summed E-state index contributed by atoms with van der Waals surface area (Å²) in [6.07, 6.45) is 5.75. The van der Waals surface area contributed by atoms with Crippen molar-refractivity contribution in [3.05, 3.63) is 35.9 Å². The minimum atomic E-state index is 0.361. The molecule has 1 aromatic carbocycles. The van der Waals surface area contributed by atoms with Crippen molar-refractivity contribution < 1.29 is 0 Å². The molecule has 1 aliphatic heterocycles. The average Bonchev–Trinajstić information content (AvgIpc) is 3.33. The van der Waals surface area contributed by atoms with Crippen LogP contribution in [0.3, 0.4) is 0 Å². The molecule has 2 nitrogen and oxygen atoms in total. The topological polar surface area (TPSA) is 15.3 Å². The first kappa shape index (κ1) is 12.8. The van der Waals surface area contributed by atoms with Gasteiger partial charge in [-0.25, -0.2) is 0 Å². The number of hydrogen-bond donors (Lipinski definition) is 1. The Bertz CT molecular complexity index is 464. The van der Waals surface area contributed by atoms with E-state index in [1.165, 1.54) is 44.3 Å². The summed E-state index contributed by atoms with van der Waals surface area (Å²) >= 11 is 0. The summed E-state index contributed by atoms with van der Waals surface area (Å²) in [5.41, 5.74) is 1.85. The molecule has 2 aliphatic carbocycles. The zero-order valence-corrected chi connectivity index (χ0v) is 12.5. The Hall–Kier alpha value is -0.860. The molecule has 3 fully saturated rings. The Kier molecular flexibility index (Phi) is 3.12. The van der Waals surface area contributed by atoms with E-state index in [2.05, 4.69) is 47.5 Å². The summed E-state index contributed by atoms with van der Waals surface area (Å²) in [5, 5.41) is 3.89. The van der Waals surface area contributed by atoms with Gasteiger partial charge < -0.3 is 5.32 Å². The van der Waals surface area contributed by atoms with Gasteiger partial charge in [0.25, 0.3) is 0 Å². The second-order valence-electron chi connectivity index (χ2n) is 7.37. The van der Waals surface area contributed by atoms with Crippen LogP contribution >= 0.6 is 0 Å². The summed E-state index contributed by atoms with van der Waals surface area (Å²) in [5.74, 6) is 1.89. The maximum Gasteiger partial charge on any atom is 0.0473 e. The van der Waals surface area contributed by atoms with E-state index in [4.69, 9.17) is 0 Å². The highest BCUT2D eigenvalue weighted by molar-refractivity contribution is 5.21. The van der Waals surface area contributed by atoms with Crippen molar-refractivity contribution in [2.75, 3.05) is 19.6 Å². The summed E-state index contributed by atoms with van der Waals surface area (Å²) in [7, 11) is 0. The van der Waals surface area contributed by atoms with Gasteiger partial charge in [-0.3, -0.25) is 4.90 Å². The molecule has 1 heterocycles. The molecule has 0 aromatic heterocycles. The van der Waals surface area contributed by atoms with Crippen molar-refractivity contribution in [3.63, 3.8) is 0 Å². The number of piperazine rings is 1. The maximum absolute atomic E-state index is 3.89. The lowest BCUT2D eigenvalue weighted by Crippen LogP contribution is -2.61. The number of nitrogens with zero attached hydrogens (tertiary/aromatic N) is 1. The van der Waals surface area contributed by atoms with Crippen molar-refractivity contribution >= 4 is 0 Å². The standard InChI is InChI=1S/C18H26N2/c1-18(16-9-10-16)13-20(12-14-7-8-14)17(11-19-18)15-5-3-2-4-6-15/h2-6,14,16-17,19H,7-13H2,1H3. The minimum Gasteiger partial charge on any atom is -0.308 e. The third kappa shape index (κ3) is 2.51. The van der Waals surface area contributed by atoms with E-state index >= 15 is 0 Å². The van der Waals surface area contributed by atoms with Crippen LogP contribution in [-0.4, -0.2) is 30.1 Å². The number of rotatable bonds is 4. The average molecular weight is 270 g/mol. The van der Waals surface area contributed by atoms with Crippen LogP contribution in [0.1, 0.15) is 44.2 Å². The lowest BCUT2D eigenvalue weighted by atomic mass is 9.89. The van der Waals surface area contributed by atoms with Gasteiger partial charge in [-0.1, -0.05) is 30.3 Å². The predicted octanol–water partition coefficient (Wildman–Crippen LogP) is 3.21. The van der Waals surface area contributed by atoms with Gasteiger partial charge in [0.2, 0.25) is 0 Å². The molecule has 0 spiro atoms. The smallest absolute Gasteiger partial charge is 0.0473 e. The Balaban J connectivity index is 1.55. The maximum atomic E-state index is 3.89. The van der Waals surface area contributed by atoms with Gasteiger partial charge in [-0.2, -0.15) is 0 Å². The third-order valence-electron chi connectivity index (χ3n) is 5.52. The van der Waals surface area contributed by atoms with E-state index in [1.807, 2.05) is 0 Å². The molecule has 20 heavy (non-hydrogen) atoms. The molecule has 2 atom stereocenters. The van der Waals surface area contributed by atoms with Gasteiger partial charge in [0.15, 0.2) is 0 Å². The second kappa shape index (κ2) is 4.85. The number of benzene rings is 1. The SMILES string of the molecule is CC1(C2CC2)CN(CC2CC2)C(c2ccccc2)CN1. The summed E-state index contributed by atoms with van der Waals surface area (Å²) in [6.45, 7) is 6.10. The summed E-state index contributed by atoms with van der Waals surface area (Å²) < 4.78 is 0. The molecule has 3 aliphatic rings. The van der Waals surface area contributed by atoms with E-state index in [-0.39, 0.29) is 0 Å². The molecular weight excluding hydrogens is 244 g/mol. The number of nitrogens with one attached hydrogen (secondary N) is 1. The molecule has 4 rings (SSSR count). The van der Waals surface area contributed by atoms with Crippen molar-refractivity contribution in [1.82, 2.24) is 10.2 Å². The first-order chi connectivity index (χ1) is 9.74. The van der Waals surface area contributed by atoms with Gasteiger partial charge in [0.1, 0.15) is 0 Å². The predicted molar refractivity (Wildman–Crippen MR) is 82.6 cm³/mol. The zero-order valence-electron chi connectivity index (χ0n) is 12.5. The lowest BCUT2D eigenvalue weighted by molar-refractivity contribution is 0.0706. The van der Waals surface area contributed by atoms with Crippen LogP contribution in [0.25, 0.3) is 0 Å². The quantitative estimate of drug-likeness (QED) is 0.904. The Morgan fingerprint density at radius 1 is 1.15 bits per heavy atom. The van der Waals surface area contributed by atoms with Crippen LogP contribution in [0, 0.1) is 11.8 Å². The normalized spacial score (nSPS) is 35.1. The van der Waals surface area contributed by atoms with Crippen LogP contribution in [-0.2, 0) is 0 Å². The van der Waals surface area contributed by atoms with E-state index in [0.29, 0.717) is 11.6 Å². The molecule has 0 bridgehead atoms. The van der Waals surface area contributed by atoms with E-state index in [0.717, 1.165) is 18.4 Å². The molecule has 2 saturated carbocycles. The van der Waals surface area contributed by atoms with Crippen molar-refractivity contribution in [1.29, 1.82) is 0 Å². The van der Waals surface area contributed by atoms with Crippen molar-refractivity contribution in [3.8, 4) is 0 Å². The fourth-order valence-corrected chi connectivity index (χ4v) is 3.87. The van der Waals surface area contributed by atoms with E-state index in [1.54, 1.807) is 0 Å². The Labute approximate surface area is 122 Å². The molecule has 108 valence electrons.